The molecule has 0 amide bonds. The molecule has 1 rings (SSSR count). The molecule has 1 aliphatic rings. The van der Waals surface area contributed by atoms with Gasteiger partial charge in [0.25, 0.3) is 0 Å². The number of aliphatic hydroxyl groups is 6. The molecule has 0 aliphatic carbocycles. The molecule has 1 heterocycles. The third kappa shape index (κ3) is 19.0. The first-order valence-corrected chi connectivity index (χ1v) is 16.6. The summed E-state index contributed by atoms with van der Waals surface area (Å²) in [6.07, 6.45) is 19.8. The van der Waals surface area contributed by atoms with Crippen molar-refractivity contribution in [2.45, 2.75) is 191 Å². The van der Waals surface area contributed by atoms with E-state index in [4.69, 9.17) is 9.47 Å². The number of rotatable bonds is 27. The SMILES string of the molecule is C[C@@H](O)CCCCCCCCCCCCCCCCCCCCC[C@H](O)CCO[C@H]1OC(CO)[C@@H](O)C(O)[C@@H]1O. The van der Waals surface area contributed by atoms with Gasteiger partial charge in [-0.15, -0.1) is 0 Å². The fraction of sp³-hybridized carbons (Fsp3) is 1.00. The highest BCUT2D eigenvalue weighted by Crippen LogP contribution is 2.22. The molecule has 240 valence electrons. The van der Waals surface area contributed by atoms with Crippen molar-refractivity contribution >= 4 is 0 Å². The molecule has 8 nitrogen and oxygen atoms in total. The highest BCUT2D eigenvalue weighted by atomic mass is 16.7. The number of hydrogen-bond donors (Lipinski definition) is 6. The van der Waals surface area contributed by atoms with Crippen molar-refractivity contribution in [3.05, 3.63) is 0 Å². The van der Waals surface area contributed by atoms with Crippen LogP contribution in [-0.4, -0.2) is 86.8 Å². The molecule has 1 saturated heterocycles. The summed E-state index contributed by atoms with van der Waals surface area (Å²) in [4.78, 5) is 0. The maximum atomic E-state index is 10.2. The zero-order valence-electron chi connectivity index (χ0n) is 25.5. The summed E-state index contributed by atoms with van der Waals surface area (Å²) in [6, 6.07) is 0. The zero-order chi connectivity index (χ0) is 29.4. The van der Waals surface area contributed by atoms with Gasteiger partial charge in [0, 0.05) is 0 Å². The van der Waals surface area contributed by atoms with Crippen molar-refractivity contribution in [1.29, 1.82) is 0 Å². The highest BCUT2D eigenvalue weighted by molar-refractivity contribution is 4.88. The first-order chi connectivity index (χ1) is 19.4. The van der Waals surface area contributed by atoms with Crippen LogP contribution >= 0.6 is 0 Å². The van der Waals surface area contributed by atoms with Crippen LogP contribution in [0, 0.1) is 0 Å². The lowest BCUT2D eigenvalue weighted by molar-refractivity contribution is -0.301. The second-order valence-electron chi connectivity index (χ2n) is 12.2. The van der Waals surface area contributed by atoms with E-state index < -0.39 is 43.4 Å². The second-order valence-corrected chi connectivity index (χ2v) is 12.2. The van der Waals surface area contributed by atoms with Gasteiger partial charge in [-0.05, 0) is 26.2 Å². The van der Waals surface area contributed by atoms with Crippen molar-refractivity contribution in [3.63, 3.8) is 0 Å². The lowest BCUT2D eigenvalue weighted by Crippen LogP contribution is -2.59. The van der Waals surface area contributed by atoms with Crippen LogP contribution in [0.25, 0.3) is 0 Å². The molecule has 0 aromatic rings. The van der Waals surface area contributed by atoms with Gasteiger partial charge in [-0.2, -0.15) is 0 Å². The summed E-state index contributed by atoms with van der Waals surface area (Å²) in [5.74, 6) is 0. The third-order valence-electron chi connectivity index (χ3n) is 8.24. The van der Waals surface area contributed by atoms with E-state index in [9.17, 15) is 30.6 Å². The lowest BCUT2D eigenvalue weighted by atomic mass is 9.99. The Bertz CT molecular complexity index is 547. The summed E-state index contributed by atoms with van der Waals surface area (Å²) in [5.41, 5.74) is 0. The van der Waals surface area contributed by atoms with E-state index in [-0.39, 0.29) is 12.7 Å². The van der Waals surface area contributed by atoms with Crippen LogP contribution in [0.2, 0.25) is 0 Å². The van der Waals surface area contributed by atoms with E-state index in [1.807, 2.05) is 6.92 Å². The first kappa shape index (κ1) is 37.7. The van der Waals surface area contributed by atoms with Crippen LogP contribution in [0.1, 0.15) is 148 Å². The summed E-state index contributed by atoms with van der Waals surface area (Å²) < 4.78 is 10.8. The Morgan fingerprint density at radius 3 is 1.35 bits per heavy atom. The smallest absolute Gasteiger partial charge is 0.186 e. The molecule has 0 saturated carbocycles. The quantitative estimate of drug-likeness (QED) is 0.0740. The van der Waals surface area contributed by atoms with Crippen LogP contribution in [0.5, 0.6) is 0 Å². The molecular formula is C32H64O8. The van der Waals surface area contributed by atoms with E-state index in [0.29, 0.717) is 12.8 Å². The number of aliphatic hydroxyl groups excluding tert-OH is 6. The van der Waals surface area contributed by atoms with E-state index in [2.05, 4.69) is 0 Å². The van der Waals surface area contributed by atoms with Gasteiger partial charge >= 0.3 is 0 Å². The molecule has 7 atom stereocenters. The molecule has 6 N–H and O–H groups in total. The maximum absolute atomic E-state index is 10.2. The number of ether oxygens (including phenoxy) is 2. The molecule has 2 unspecified atom stereocenters. The van der Waals surface area contributed by atoms with E-state index >= 15 is 0 Å². The minimum Gasteiger partial charge on any atom is -0.394 e. The number of hydrogen-bond acceptors (Lipinski definition) is 8. The standard InChI is InChI=1S/C32H64O8/c1-26(34)21-19-17-15-13-11-9-7-5-3-2-4-6-8-10-12-14-16-18-20-22-27(35)23-24-39-32-31(38)30(37)29(36)28(25-33)40-32/h26-38H,2-25H2,1H3/t26-,27+,28?,29-,30?,31+,32+/m1/s1. The lowest BCUT2D eigenvalue weighted by Gasteiger charge is -2.39. The number of unbranched alkanes of at least 4 members (excludes halogenated alkanes) is 18. The maximum Gasteiger partial charge on any atom is 0.186 e. The van der Waals surface area contributed by atoms with Gasteiger partial charge in [0.2, 0.25) is 0 Å². The fourth-order valence-electron chi connectivity index (χ4n) is 5.49. The van der Waals surface area contributed by atoms with Crippen molar-refractivity contribution in [1.82, 2.24) is 0 Å². The largest absolute Gasteiger partial charge is 0.394 e. The minimum absolute atomic E-state index is 0.135. The van der Waals surface area contributed by atoms with Gasteiger partial charge in [0.1, 0.15) is 24.4 Å². The van der Waals surface area contributed by atoms with Crippen molar-refractivity contribution in [2.75, 3.05) is 13.2 Å². The Balaban J connectivity index is 1.80. The van der Waals surface area contributed by atoms with Crippen molar-refractivity contribution in [3.8, 4) is 0 Å². The topological polar surface area (TPSA) is 140 Å². The van der Waals surface area contributed by atoms with Gasteiger partial charge in [-0.1, -0.05) is 122 Å². The molecule has 0 bridgehead atoms. The molecule has 40 heavy (non-hydrogen) atoms. The van der Waals surface area contributed by atoms with Gasteiger partial charge in [-0.25, -0.2) is 0 Å². The van der Waals surface area contributed by atoms with Crippen LogP contribution in [-0.2, 0) is 9.47 Å². The van der Waals surface area contributed by atoms with Gasteiger partial charge in [-0.3, -0.25) is 0 Å². The minimum atomic E-state index is -1.44. The average Bonchev–Trinajstić information content (AvgIpc) is 2.93. The second kappa shape index (κ2) is 25.2. The first-order valence-electron chi connectivity index (χ1n) is 16.6. The van der Waals surface area contributed by atoms with E-state index in [0.717, 1.165) is 19.3 Å². The van der Waals surface area contributed by atoms with Gasteiger partial charge in [0.15, 0.2) is 6.29 Å². The van der Waals surface area contributed by atoms with Gasteiger partial charge in [0.05, 0.1) is 25.4 Å². The van der Waals surface area contributed by atoms with Crippen LogP contribution in [0.15, 0.2) is 0 Å². The van der Waals surface area contributed by atoms with Crippen molar-refractivity contribution in [2.24, 2.45) is 0 Å². The third-order valence-corrected chi connectivity index (χ3v) is 8.24. The molecule has 0 aromatic heterocycles. The predicted molar refractivity (Wildman–Crippen MR) is 159 cm³/mol. The van der Waals surface area contributed by atoms with Crippen LogP contribution < -0.4 is 0 Å². The Hall–Kier alpha value is -0.320. The normalized spacial score (nSPS) is 24.8. The highest BCUT2D eigenvalue weighted by Gasteiger charge is 2.43. The Morgan fingerprint density at radius 2 is 0.950 bits per heavy atom. The Morgan fingerprint density at radius 1 is 0.550 bits per heavy atom. The molecule has 0 spiro atoms. The predicted octanol–water partition coefficient (Wildman–Crippen LogP) is 5.13. The van der Waals surface area contributed by atoms with Crippen molar-refractivity contribution < 1.29 is 40.1 Å². The van der Waals surface area contributed by atoms with Crippen LogP contribution in [0.4, 0.5) is 0 Å². The summed E-state index contributed by atoms with van der Waals surface area (Å²) in [7, 11) is 0. The molecule has 1 aliphatic heterocycles. The summed E-state index contributed by atoms with van der Waals surface area (Å²) >= 11 is 0. The zero-order valence-corrected chi connectivity index (χ0v) is 25.5. The molecule has 0 radical (unpaired) electrons. The van der Waals surface area contributed by atoms with E-state index in [1.54, 1.807) is 0 Å². The summed E-state index contributed by atoms with van der Waals surface area (Å²) in [6.45, 7) is 1.56. The van der Waals surface area contributed by atoms with E-state index in [1.165, 1.54) is 109 Å². The Labute approximate surface area is 244 Å². The monoisotopic (exact) mass is 576 g/mol. The summed E-state index contributed by atoms with van der Waals surface area (Å²) in [5, 5.41) is 58.2. The molecule has 8 heteroatoms. The van der Waals surface area contributed by atoms with Gasteiger partial charge < -0.3 is 40.1 Å². The van der Waals surface area contributed by atoms with Crippen LogP contribution in [0.3, 0.4) is 0 Å². The molecule has 1 fully saturated rings. The fourth-order valence-corrected chi connectivity index (χ4v) is 5.49. The average molecular weight is 577 g/mol. The Kier molecular flexibility index (Phi) is 23.8. The molecular weight excluding hydrogens is 512 g/mol. The molecule has 0 aromatic carbocycles.